The Balaban J connectivity index is 2.23. The molecule has 20 heavy (non-hydrogen) atoms. The molecule has 0 fully saturated rings. The topological polar surface area (TPSA) is 34.2 Å². The summed E-state index contributed by atoms with van der Waals surface area (Å²) in [5.41, 5.74) is 4.77. The van der Waals surface area contributed by atoms with E-state index in [1.54, 1.807) is 7.11 Å². The first kappa shape index (κ1) is 13.5. The van der Waals surface area contributed by atoms with Crippen LogP contribution in [0.5, 0.6) is 5.75 Å². The Morgan fingerprint density at radius 1 is 1.35 bits per heavy atom. The molecule has 0 saturated carbocycles. The molecule has 0 bridgehead atoms. The molecule has 4 heteroatoms. The van der Waals surface area contributed by atoms with Crippen LogP contribution < -0.4 is 10.1 Å². The lowest BCUT2D eigenvalue weighted by Crippen LogP contribution is -2.05. The van der Waals surface area contributed by atoms with Crippen molar-refractivity contribution in [3.8, 4) is 5.75 Å². The molecule has 106 valence electrons. The molecular weight excluding hydrogens is 272 g/mol. The van der Waals surface area contributed by atoms with Gasteiger partial charge in [-0.1, -0.05) is 18.5 Å². The molecule has 0 aliphatic heterocycles. The summed E-state index contributed by atoms with van der Waals surface area (Å²) < 4.78 is 5.30. The first-order chi connectivity index (χ1) is 9.74. The smallest absolute Gasteiger partial charge is 0.139 e. The first-order valence-electron chi connectivity index (χ1n) is 7.17. The number of nitrogens with zero attached hydrogens (tertiary/aromatic N) is 1. The van der Waals surface area contributed by atoms with Crippen LogP contribution in [-0.2, 0) is 12.8 Å². The number of hydrogen-bond donors (Lipinski definition) is 1. The number of hydrogen-bond acceptors (Lipinski definition) is 3. The fourth-order valence-electron chi connectivity index (χ4n) is 2.87. The predicted molar refractivity (Wildman–Crippen MR) is 84.1 cm³/mol. The van der Waals surface area contributed by atoms with Gasteiger partial charge in [0, 0.05) is 29.4 Å². The van der Waals surface area contributed by atoms with Gasteiger partial charge in [0.05, 0.1) is 17.6 Å². The van der Waals surface area contributed by atoms with Crippen LogP contribution >= 0.6 is 11.6 Å². The number of anilines is 1. The number of benzene rings is 1. The van der Waals surface area contributed by atoms with Crippen molar-refractivity contribution in [3.63, 3.8) is 0 Å². The largest absolute Gasteiger partial charge is 0.495 e. The highest BCUT2D eigenvalue weighted by atomic mass is 35.5. The zero-order valence-electron chi connectivity index (χ0n) is 11.9. The van der Waals surface area contributed by atoms with Crippen LogP contribution in [0.15, 0.2) is 12.1 Å². The Morgan fingerprint density at radius 2 is 2.20 bits per heavy atom. The number of nitrogens with one attached hydrogen (secondary N) is 1. The van der Waals surface area contributed by atoms with Gasteiger partial charge >= 0.3 is 0 Å². The van der Waals surface area contributed by atoms with Crippen LogP contribution in [0.2, 0.25) is 5.02 Å². The predicted octanol–water partition coefficient (Wildman–Crippen LogP) is 4.21. The van der Waals surface area contributed by atoms with Crippen LogP contribution in [0.4, 0.5) is 5.69 Å². The van der Waals surface area contributed by atoms with E-state index in [1.165, 1.54) is 23.4 Å². The summed E-state index contributed by atoms with van der Waals surface area (Å²) in [6, 6.07) is 3.91. The van der Waals surface area contributed by atoms with Crippen LogP contribution in [0.3, 0.4) is 0 Å². The molecule has 3 nitrogen and oxygen atoms in total. The summed E-state index contributed by atoms with van der Waals surface area (Å²) in [6.45, 7) is 3.14. The molecule has 1 aliphatic rings. The molecule has 3 rings (SSSR count). The Bertz CT molecular complexity index is 649. The molecule has 0 spiro atoms. The minimum absolute atomic E-state index is 0.638. The number of methoxy groups -OCH3 is 1. The number of aromatic nitrogens is 1. The Morgan fingerprint density at radius 3 is 2.95 bits per heavy atom. The maximum absolute atomic E-state index is 6.28. The summed E-state index contributed by atoms with van der Waals surface area (Å²) in [6.07, 6.45) is 4.46. The maximum atomic E-state index is 6.28. The summed E-state index contributed by atoms with van der Waals surface area (Å²) >= 11 is 6.28. The van der Waals surface area contributed by atoms with Crippen molar-refractivity contribution in [3.05, 3.63) is 28.4 Å². The van der Waals surface area contributed by atoms with Gasteiger partial charge in [0.2, 0.25) is 0 Å². The van der Waals surface area contributed by atoms with E-state index >= 15 is 0 Å². The summed E-state index contributed by atoms with van der Waals surface area (Å²) in [7, 11) is 1.64. The van der Waals surface area contributed by atoms with E-state index in [2.05, 4.69) is 12.2 Å². The van der Waals surface area contributed by atoms with Gasteiger partial charge in [-0.15, -0.1) is 0 Å². The van der Waals surface area contributed by atoms with Gasteiger partial charge in [-0.25, -0.2) is 0 Å². The number of fused-ring (bicyclic) bond motifs is 2. The Hall–Kier alpha value is -1.48. The molecule has 2 aromatic rings. The van der Waals surface area contributed by atoms with Gasteiger partial charge in [-0.3, -0.25) is 4.98 Å². The van der Waals surface area contributed by atoms with Gasteiger partial charge in [-0.2, -0.15) is 0 Å². The van der Waals surface area contributed by atoms with Gasteiger partial charge in [0.25, 0.3) is 0 Å². The van der Waals surface area contributed by atoms with E-state index in [9.17, 15) is 0 Å². The molecule has 1 N–H and O–H groups in total. The van der Waals surface area contributed by atoms with Crippen molar-refractivity contribution in [1.29, 1.82) is 0 Å². The molecule has 0 unspecified atom stereocenters. The number of pyridine rings is 1. The van der Waals surface area contributed by atoms with Gasteiger partial charge in [0.1, 0.15) is 5.75 Å². The van der Waals surface area contributed by atoms with Crippen molar-refractivity contribution in [2.24, 2.45) is 0 Å². The Labute approximate surface area is 124 Å². The number of aryl methyl sites for hydroxylation is 1. The number of rotatable bonds is 4. The van der Waals surface area contributed by atoms with Gasteiger partial charge in [0.15, 0.2) is 0 Å². The quantitative estimate of drug-likeness (QED) is 0.916. The SMILES string of the molecule is CCCNc1c2c(nc3cc(OC)c(Cl)cc13)CCC2. The van der Waals surface area contributed by atoms with Crippen molar-refractivity contribution < 1.29 is 4.74 Å². The van der Waals surface area contributed by atoms with E-state index in [4.69, 9.17) is 21.3 Å². The van der Waals surface area contributed by atoms with Crippen LogP contribution in [0, 0.1) is 0 Å². The third kappa shape index (κ3) is 2.20. The van der Waals surface area contributed by atoms with Crippen molar-refractivity contribution in [2.45, 2.75) is 32.6 Å². The van der Waals surface area contributed by atoms with Crippen LogP contribution in [0.25, 0.3) is 10.9 Å². The average Bonchev–Trinajstić information content (AvgIpc) is 2.91. The zero-order chi connectivity index (χ0) is 14.1. The minimum Gasteiger partial charge on any atom is -0.495 e. The molecular formula is C16H19ClN2O. The monoisotopic (exact) mass is 290 g/mol. The second kappa shape index (κ2) is 5.49. The van der Waals surface area contributed by atoms with E-state index in [-0.39, 0.29) is 0 Å². The summed E-state index contributed by atoms with van der Waals surface area (Å²) in [4.78, 5) is 4.80. The maximum Gasteiger partial charge on any atom is 0.139 e. The van der Waals surface area contributed by atoms with E-state index in [0.29, 0.717) is 10.8 Å². The molecule has 0 amide bonds. The van der Waals surface area contributed by atoms with E-state index in [1.807, 2.05) is 12.1 Å². The van der Waals surface area contributed by atoms with E-state index < -0.39 is 0 Å². The highest BCUT2D eigenvalue weighted by Gasteiger charge is 2.20. The number of ether oxygens (including phenoxy) is 1. The highest BCUT2D eigenvalue weighted by Crippen LogP contribution is 2.38. The average molecular weight is 291 g/mol. The van der Waals surface area contributed by atoms with Crippen molar-refractivity contribution in [1.82, 2.24) is 4.98 Å². The second-order valence-electron chi connectivity index (χ2n) is 5.20. The molecule has 0 atom stereocenters. The third-order valence-corrected chi connectivity index (χ3v) is 4.13. The lowest BCUT2D eigenvalue weighted by molar-refractivity contribution is 0.415. The van der Waals surface area contributed by atoms with E-state index in [0.717, 1.165) is 36.7 Å². The third-order valence-electron chi connectivity index (χ3n) is 3.84. The van der Waals surface area contributed by atoms with Crippen molar-refractivity contribution >= 4 is 28.2 Å². The summed E-state index contributed by atoms with van der Waals surface area (Å²) in [5.74, 6) is 0.686. The minimum atomic E-state index is 0.638. The summed E-state index contributed by atoms with van der Waals surface area (Å²) in [5, 5.41) is 5.30. The molecule has 1 aromatic heterocycles. The normalized spacial score (nSPS) is 13.6. The van der Waals surface area contributed by atoms with Crippen LogP contribution in [-0.4, -0.2) is 18.6 Å². The first-order valence-corrected chi connectivity index (χ1v) is 7.55. The fraction of sp³-hybridized carbons (Fsp3) is 0.438. The lowest BCUT2D eigenvalue weighted by Gasteiger charge is -2.15. The second-order valence-corrected chi connectivity index (χ2v) is 5.60. The highest BCUT2D eigenvalue weighted by molar-refractivity contribution is 6.33. The van der Waals surface area contributed by atoms with Gasteiger partial charge in [-0.05, 0) is 37.3 Å². The molecule has 1 aromatic carbocycles. The standard InChI is InChI=1S/C16H19ClN2O/c1-3-7-18-16-10-5-4-6-13(10)19-14-9-15(20-2)12(17)8-11(14)16/h8-9H,3-7H2,1-2H3,(H,18,19). The number of halogens is 1. The van der Waals surface area contributed by atoms with Crippen LogP contribution in [0.1, 0.15) is 31.0 Å². The molecule has 0 saturated heterocycles. The fourth-order valence-corrected chi connectivity index (χ4v) is 3.11. The van der Waals surface area contributed by atoms with Gasteiger partial charge < -0.3 is 10.1 Å². The Kier molecular flexibility index (Phi) is 3.70. The molecule has 0 radical (unpaired) electrons. The van der Waals surface area contributed by atoms with Crippen molar-refractivity contribution in [2.75, 3.05) is 19.0 Å². The zero-order valence-corrected chi connectivity index (χ0v) is 12.7. The molecule has 1 aliphatic carbocycles. The lowest BCUT2D eigenvalue weighted by atomic mass is 10.1. The molecule has 1 heterocycles.